The van der Waals surface area contributed by atoms with Gasteiger partial charge in [0.2, 0.25) is 0 Å². The van der Waals surface area contributed by atoms with E-state index < -0.39 is 5.97 Å². The normalized spacial score (nSPS) is 10.8. The lowest BCUT2D eigenvalue weighted by atomic mass is 10.1. The number of fused-ring (bicyclic) bond motifs is 1. The number of nitrogens with zero attached hydrogens (tertiary/aromatic N) is 2. The van der Waals surface area contributed by atoms with E-state index in [1.54, 1.807) is 47.0 Å². The highest BCUT2D eigenvalue weighted by Gasteiger charge is 2.13. The van der Waals surface area contributed by atoms with Crippen LogP contribution in [0.1, 0.15) is 16.8 Å². The van der Waals surface area contributed by atoms with Crippen molar-refractivity contribution in [2.45, 2.75) is 13.0 Å². The van der Waals surface area contributed by atoms with Gasteiger partial charge in [0.25, 0.3) is 5.56 Å². The summed E-state index contributed by atoms with van der Waals surface area (Å²) in [6.07, 6.45) is 0.596. The van der Waals surface area contributed by atoms with Gasteiger partial charge in [0, 0.05) is 17.1 Å². The lowest BCUT2D eigenvalue weighted by molar-refractivity contribution is 0.0600. The third-order valence-electron chi connectivity index (χ3n) is 5.03. The van der Waals surface area contributed by atoms with Crippen LogP contribution in [-0.4, -0.2) is 29.2 Å². The first-order chi connectivity index (χ1) is 15.6. The van der Waals surface area contributed by atoms with Gasteiger partial charge in [-0.2, -0.15) is 0 Å². The molecule has 7 heteroatoms. The molecule has 0 spiro atoms. The van der Waals surface area contributed by atoms with E-state index in [2.05, 4.69) is 0 Å². The summed E-state index contributed by atoms with van der Waals surface area (Å²) in [6, 6.07) is 21.3. The van der Waals surface area contributed by atoms with Crippen molar-refractivity contribution in [3.05, 3.63) is 93.7 Å². The third-order valence-corrected chi connectivity index (χ3v) is 5.29. The van der Waals surface area contributed by atoms with Crippen molar-refractivity contribution in [2.24, 2.45) is 0 Å². The lowest BCUT2D eigenvalue weighted by Crippen LogP contribution is -2.24. The number of aromatic nitrogens is 2. The van der Waals surface area contributed by atoms with E-state index in [0.29, 0.717) is 52.6 Å². The Morgan fingerprint density at radius 1 is 1.00 bits per heavy atom. The smallest absolute Gasteiger partial charge is 0.337 e. The maximum Gasteiger partial charge on any atom is 0.337 e. The predicted octanol–water partition coefficient (Wildman–Crippen LogP) is 4.97. The Morgan fingerprint density at radius 2 is 1.72 bits per heavy atom. The monoisotopic (exact) mass is 448 g/mol. The number of carbonyl (C=O) groups is 1. The van der Waals surface area contributed by atoms with E-state index >= 15 is 0 Å². The second-order valence-electron chi connectivity index (χ2n) is 7.13. The van der Waals surface area contributed by atoms with Gasteiger partial charge in [-0.05, 0) is 67.1 Å². The molecule has 0 saturated carbocycles. The molecule has 0 atom stereocenters. The average Bonchev–Trinajstić information content (AvgIpc) is 2.83. The van der Waals surface area contributed by atoms with E-state index in [0.717, 1.165) is 5.56 Å². The first kappa shape index (κ1) is 21.6. The number of ether oxygens (including phenoxy) is 2. The van der Waals surface area contributed by atoms with Crippen molar-refractivity contribution in [3.63, 3.8) is 0 Å². The molecule has 0 aliphatic carbocycles. The molecular weight excluding hydrogens is 428 g/mol. The first-order valence-corrected chi connectivity index (χ1v) is 10.5. The van der Waals surface area contributed by atoms with E-state index in [1.807, 2.05) is 30.3 Å². The minimum absolute atomic E-state index is 0.0945. The Morgan fingerprint density at radius 3 is 2.44 bits per heavy atom. The van der Waals surface area contributed by atoms with Gasteiger partial charge in [0.05, 0.1) is 30.2 Å². The zero-order chi connectivity index (χ0) is 22.5. The largest absolute Gasteiger partial charge is 0.494 e. The van der Waals surface area contributed by atoms with Crippen LogP contribution in [0.25, 0.3) is 22.3 Å². The summed E-state index contributed by atoms with van der Waals surface area (Å²) in [5.41, 5.74) is 1.83. The van der Waals surface area contributed by atoms with Crippen molar-refractivity contribution in [1.82, 2.24) is 9.55 Å². The molecule has 1 heterocycles. The molecule has 32 heavy (non-hydrogen) atoms. The molecule has 0 fully saturated rings. The quantitative estimate of drug-likeness (QED) is 0.295. The van der Waals surface area contributed by atoms with Gasteiger partial charge in [-0.15, -0.1) is 0 Å². The standard InChI is InChI=1S/C25H21ClN2O4/c1-31-25(30)18-9-13-20(14-10-18)32-16-4-15-28-23(17-7-11-19(26)12-8-17)27-22-6-3-2-5-21(22)24(28)29/h2-3,5-14H,4,15-16H2,1H3. The number of rotatable bonds is 7. The van der Waals surface area contributed by atoms with Crippen LogP contribution >= 0.6 is 11.6 Å². The van der Waals surface area contributed by atoms with Gasteiger partial charge in [-0.1, -0.05) is 23.7 Å². The minimum Gasteiger partial charge on any atom is -0.494 e. The van der Waals surface area contributed by atoms with Crippen molar-refractivity contribution in [3.8, 4) is 17.1 Å². The van der Waals surface area contributed by atoms with E-state index in [1.165, 1.54) is 7.11 Å². The maximum atomic E-state index is 13.2. The van der Waals surface area contributed by atoms with Gasteiger partial charge >= 0.3 is 5.97 Å². The summed E-state index contributed by atoms with van der Waals surface area (Å²) in [5.74, 6) is 0.835. The summed E-state index contributed by atoms with van der Waals surface area (Å²) in [4.78, 5) is 29.5. The second kappa shape index (κ2) is 9.66. The fraction of sp³-hybridized carbons (Fsp3) is 0.160. The molecule has 6 nitrogen and oxygen atoms in total. The Hall–Kier alpha value is -3.64. The second-order valence-corrected chi connectivity index (χ2v) is 7.57. The molecule has 1 aromatic heterocycles. The van der Waals surface area contributed by atoms with Crippen LogP contribution in [0, 0.1) is 0 Å². The van der Waals surface area contributed by atoms with Crippen LogP contribution in [0.2, 0.25) is 5.02 Å². The highest BCUT2D eigenvalue weighted by atomic mass is 35.5. The summed E-state index contributed by atoms with van der Waals surface area (Å²) in [7, 11) is 1.34. The van der Waals surface area contributed by atoms with Gasteiger partial charge < -0.3 is 9.47 Å². The molecule has 0 unspecified atom stereocenters. The number of hydrogen-bond acceptors (Lipinski definition) is 5. The van der Waals surface area contributed by atoms with Crippen LogP contribution in [0.15, 0.2) is 77.6 Å². The zero-order valence-electron chi connectivity index (χ0n) is 17.5. The van der Waals surface area contributed by atoms with Gasteiger partial charge in [-0.3, -0.25) is 9.36 Å². The first-order valence-electron chi connectivity index (χ1n) is 10.1. The van der Waals surface area contributed by atoms with Crippen molar-refractivity contribution >= 4 is 28.5 Å². The number of methoxy groups -OCH3 is 1. The number of carbonyl (C=O) groups excluding carboxylic acids is 1. The van der Waals surface area contributed by atoms with Gasteiger partial charge in [0.15, 0.2) is 0 Å². The lowest BCUT2D eigenvalue weighted by Gasteiger charge is -2.14. The summed E-state index contributed by atoms with van der Waals surface area (Å²) in [6.45, 7) is 0.839. The summed E-state index contributed by atoms with van der Waals surface area (Å²) in [5, 5.41) is 1.19. The molecular formula is C25H21ClN2O4. The molecule has 0 radical (unpaired) electrons. The van der Waals surface area contributed by atoms with Crippen LogP contribution in [-0.2, 0) is 11.3 Å². The fourth-order valence-electron chi connectivity index (χ4n) is 3.41. The van der Waals surface area contributed by atoms with E-state index in [9.17, 15) is 9.59 Å². The number of hydrogen-bond donors (Lipinski definition) is 0. The van der Waals surface area contributed by atoms with Crippen molar-refractivity contribution in [1.29, 1.82) is 0 Å². The topological polar surface area (TPSA) is 70.4 Å². The van der Waals surface area contributed by atoms with Gasteiger partial charge in [0.1, 0.15) is 11.6 Å². The fourth-order valence-corrected chi connectivity index (χ4v) is 3.54. The SMILES string of the molecule is COC(=O)c1ccc(OCCCn2c(-c3ccc(Cl)cc3)nc3ccccc3c2=O)cc1. The number of benzene rings is 3. The molecule has 0 aliphatic heterocycles. The highest BCUT2D eigenvalue weighted by Crippen LogP contribution is 2.21. The van der Waals surface area contributed by atoms with E-state index in [-0.39, 0.29) is 5.56 Å². The molecule has 4 aromatic rings. The Balaban J connectivity index is 1.53. The average molecular weight is 449 g/mol. The van der Waals surface area contributed by atoms with Gasteiger partial charge in [-0.25, -0.2) is 9.78 Å². The zero-order valence-corrected chi connectivity index (χ0v) is 18.2. The Bertz CT molecular complexity index is 1300. The van der Waals surface area contributed by atoms with Crippen LogP contribution < -0.4 is 10.3 Å². The Kier molecular flexibility index (Phi) is 6.52. The molecule has 3 aromatic carbocycles. The molecule has 162 valence electrons. The molecule has 0 bridgehead atoms. The maximum absolute atomic E-state index is 13.2. The number of halogens is 1. The molecule has 0 saturated heterocycles. The van der Waals surface area contributed by atoms with E-state index in [4.69, 9.17) is 26.1 Å². The number of esters is 1. The molecule has 0 N–H and O–H groups in total. The third kappa shape index (κ3) is 4.65. The van der Waals surface area contributed by atoms with Crippen molar-refractivity contribution in [2.75, 3.05) is 13.7 Å². The van der Waals surface area contributed by atoms with Crippen molar-refractivity contribution < 1.29 is 14.3 Å². The molecule has 4 rings (SSSR count). The number of para-hydroxylation sites is 1. The predicted molar refractivity (Wildman–Crippen MR) is 124 cm³/mol. The van der Waals surface area contributed by atoms with Crippen LogP contribution in [0.5, 0.6) is 5.75 Å². The summed E-state index contributed by atoms with van der Waals surface area (Å²) < 4.78 is 12.1. The minimum atomic E-state index is -0.394. The molecule has 0 aliphatic rings. The Labute approximate surface area is 190 Å². The van der Waals surface area contributed by atoms with Crippen LogP contribution in [0.3, 0.4) is 0 Å². The van der Waals surface area contributed by atoms with Crippen LogP contribution in [0.4, 0.5) is 0 Å². The highest BCUT2D eigenvalue weighted by molar-refractivity contribution is 6.30. The summed E-state index contributed by atoms with van der Waals surface area (Å²) >= 11 is 6.03. The molecule has 0 amide bonds.